The van der Waals surface area contributed by atoms with Crippen molar-refractivity contribution in [2.24, 2.45) is 0 Å². The van der Waals surface area contributed by atoms with Crippen molar-refractivity contribution in [3.63, 3.8) is 0 Å². The third-order valence-corrected chi connectivity index (χ3v) is 8.96. The van der Waals surface area contributed by atoms with Gasteiger partial charge in [0.1, 0.15) is 6.33 Å². The number of hydrogen-bond donors (Lipinski definition) is 1. The maximum atomic E-state index is 14.1. The molecule has 0 radical (unpaired) electrons. The molecule has 10 heteroatoms. The van der Waals surface area contributed by atoms with Crippen molar-refractivity contribution >= 4 is 28.8 Å². The lowest BCUT2D eigenvalue weighted by Gasteiger charge is -2.43. The second kappa shape index (κ2) is 11.0. The highest BCUT2D eigenvalue weighted by atomic mass is 35.5. The predicted molar refractivity (Wildman–Crippen MR) is 157 cm³/mol. The molecular formula is C30H40ClN7O2. The molecule has 6 rings (SSSR count). The number of amides is 1. The van der Waals surface area contributed by atoms with Crippen LogP contribution in [0.15, 0.2) is 36.7 Å². The number of rotatable bonds is 6. The summed E-state index contributed by atoms with van der Waals surface area (Å²) in [7, 11) is 0. The highest BCUT2D eigenvalue weighted by molar-refractivity contribution is 6.30. The van der Waals surface area contributed by atoms with Crippen molar-refractivity contribution in [2.45, 2.75) is 57.7 Å². The van der Waals surface area contributed by atoms with E-state index in [0.717, 1.165) is 67.5 Å². The number of hydrogen-bond acceptors (Lipinski definition) is 7. The molecule has 0 aliphatic carbocycles. The molecule has 40 heavy (non-hydrogen) atoms. The first-order valence-electron chi connectivity index (χ1n) is 14.4. The Hall–Kier alpha value is -2.56. The molecule has 3 aliphatic heterocycles. The van der Waals surface area contributed by atoms with Gasteiger partial charge in [0.25, 0.3) is 0 Å². The highest BCUT2D eigenvalue weighted by Crippen LogP contribution is 2.42. The molecule has 1 N–H and O–H groups in total. The largest absolute Gasteiger partial charge is 0.379 e. The molecule has 3 aliphatic rings. The third-order valence-electron chi connectivity index (χ3n) is 8.71. The van der Waals surface area contributed by atoms with Crippen molar-refractivity contribution < 1.29 is 9.53 Å². The van der Waals surface area contributed by atoms with Crippen LogP contribution in [0.3, 0.4) is 0 Å². The first-order valence-corrected chi connectivity index (χ1v) is 14.8. The number of halogens is 1. The number of nitrogens with zero attached hydrogens (tertiary/aromatic N) is 6. The van der Waals surface area contributed by atoms with Gasteiger partial charge in [-0.25, -0.2) is 9.50 Å². The number of morpholine rings is 1. The standard InChI is InChI=1S/C30H40ClN7O2/c1-20-14-36(25(13-32-20)15-35-9-10-40-17-21(35)2)16-27(39)37-18-30(3,4)28-26(37)12-23(29-33-19-34-38(28)29)11-22-5-7-24(31)8-6-22/h5-8,12,19-21,25,32H,9-11,13-18H2,1-4H3/t20-,21-,25-/m1/s1. The van der Waals surface area contributed by atoms with E-state index in [1.54, 1.807) is 6.33 Å². The number of pyridine rings is 1. The summed E-state index contributed by atoms with van der Waals surface area (Å²) in [5.41, 5.74) is 4.75. The van der Waals surface area contributed by atoms with Crippen LogP contribution in [0.2, 0.25) is 5.02 Å². The van der Waals surface area contributed by atoms with Gasteiger partial charge in [-0.1, -0.05) is 37.6 Å². The van der Waals surface area contributed by atoms with Crippen LogP contribution in [0.5, 0.6) is 0 Å². The number of carbonyl (C=O) groups excluding carboxylic acids is 1. The van der Waals surface area contributed by atoms with Crippen LogP contribution in [-0.2, 0) is 21.4 Å². The van der Waals surface area contributed by atoms with E-state index in [1.165, 1.54) is 0 Å². The first-order chi connectivity index (χ1) is 19.2. The number of aromatic nitrogens is 3. The topological polar surface area (TPSA) is 78.2 Å². The van der Waals surface area contributed by atoms with Gasteiger partial charge in [0.2, 0.25) is 5.91 Å². The van der Waals surface area contributed by atoms with Gasteiger partial charge in [-0.15, -0.1) is 0 Å². The summed E-state index contributed by atoms with van der Waals surface area (Å²) in [5, 5.41) is 8.97. The molecule has 0 bridgehead atoms. The van der Waals surface area contributed by atoms with Gasteiger partial charge < -0.3 is 15.0 Å². The smallest absolute Gasteiger partial charge is 0.241 e. The SMILES string of the molecule is C[C@@H]1CN(CC(=O)N2CC(C)(C)c3c2cc(Cc2ccc(Cl)cc2)c2ncnn32)[C@@H](CN2CCOC[C@H]2C)CN1. The van der Waals surface area contributed by atoms with E-state index in [9.17, 15) is 4.79 Å². The van der Waals surface area contributed by atoms with E-state index in [2.05, 4.69) is 59.0 Å². The van der Waals surface area contributed by atoms with Gasteiger partial charge in [0.05, 0.1) is 31.1 Å². The monoisotopic (exact) mass is 565 g/mol. The minimum absolute atomic E-state index is 0.137. The van der Waals surface area contributed by atoms with Crippen molar-refractivity contribution in [3.05, 3.63) is 58.5 Å². The summed E-state index contributed by atoms with van der Waals surface area (Å²) < 4.78 is 7.61. The number of nitrogens with one attached hydrogen (secondary N) is 1. The summed E-state index contributed by atoms with van der Waals surface area (Å²) >= 11 is 6.13. The van der Waals surface area contributed by atoms with Crippen LogP contribution in [0, 0.1) is 0 Å². The molecule has 2 saturated heterocycles. The summed E-state index contributed by atoms with van der Waals surface area (Å²) in [4.78, 5) is 25.6. The van der Waals surface area contributed by atoms with Gasteiger partial charge in [0.15, 0.2) is 5.65 Å². The predicted octanol–water partition coefficient (Wildman–Crippen LogP) is 2.98. The molecule has 2 fully saturated rings. The third kappa shape index (κ3) is 5.37. The molecule has 1 aromatic carbocycles. The Balaban J connectivity index is 1.28. The summed E-state index contributed by atoms with van der Waals surface area (Å²) in [5.74, 6) is 0.137. The van der Waals surface area contributed by atoms with Gasteiger partial charge in [-0.3, -0.25) is 14.6 Å². The lowest BCUT2D eigenvalue weighted by Crippen LogP contribution is -2.62. The minimum Gasteiger partial charge on any atom is -0.379 e. The van der Waals surface area contributed by atoms with E-state index in [-0.39, 0.29) is 17.4 Å². The first kappa shape index (κ1) is 27.6. The van der Waals surface area contributed by atoms with Crippen LogP contribution in [-0.4, -0.2) is 101 Å². The quantitative estimate of drug-likeness (QED) is 0.492. The van der Waals surface area contributed by atoms with E-state index < -0.39 is 0 Å². The Bertz CT molecular complexity index is 1370. The van der Waals surface area contributed by atoms with Crippen LogP contribution in [0.1, 0.15) is 44.5 Å². The Morgan fingerprint density at radius 1 is 1.20 bits per heavy atom. The van der Waals surface area contributed by atoms with Gasteiger partial charge in [-0.2, -0.15) is 5.10 Å². The molecule has 5 heterocycles. The second-order valence-corrected chi connectivity index (χ2v) is 12.8. The van der Waals surface area contributed by atoms with E-state index in [0.29, 0.717) is 36.6 Å². The van der Waals surface area contributed by atoms with Gasteiger partial charge in [0, 0.05) is 73.3 Å². The van der Waals surface area contributed by atoms with Crippen molar-refractivity contribution in [1.29, 1.82) is 0 Å². The van der Waals surface area contributed by atoms with Gasteiger partial charge >= 0.3 is 0 Å². The molecule has 0 unspecified atom stereocenters. The molecular weight excluding hydrogens is 526 g/mol. The second-order valence-electron chi connectivity index (χ2n) is 12.4. The number of fused-ring (bicyclic) bond motifs is 3. The number of piperazine rings is 1. The Labute approximate surface area is 241 Å². The number of ether oxygens (including phenoxy) is 1. The Kier molecular flexibility index (Phi) is 7.61. The molecule has 0 spiro atoms. The zero-order valence-corrected chi connectivity index (χ0v) is 24.7. The van der Waals surface area contributed by atoms with Gasteiger partial charge in [-0.05, 0) is 37.6 Å². The molecule has 0 saturated carbocycles. The van der Waals surface area contributed by atoms with Crippen LogP contribution >= 0.6 is 11.6 Å². The van der Waals surface area contributed by atoms with Crippen molar-refractivity contribution in [2.75, 3.05) is 57.4 Å². The summed E-state index contributed by atoms with van der Waals surface area (Å²) in [6.07, 6.45) is 2.30. The van der Waals surface area contributed by atoms with Crippen molar-refractivity contribution in [3.8, 4) is 0 Å². The lowest BCUT2D eigenvalue weighted by atomic mass is 9.90. The van der Waals surface area contributed by atoms with Crippen LogP contribution in [0.4, 0.5) is 5.69 Å². The summed E-state index contributed by atoms with van der Waals surface area (Å²) in [6.45, 7) is 15.0. The average Bonchev–Trinajstić information content (AvgIpc) is 3.50. The normalized spacial score (nSPS) is 25.4. The molecule has 9 nitrogen and oxygen atoms in total. The van der Waals surface area contributed by atoms with Crippen molar-refractivity contribution in [1.82, 2.24) is 29.7 Å². The van der Waals surface area contributed by atoms with Crippen LogP contribution in [0.25, 0.3) is 5.65 Å². The molecule has 1 amide bonds. The fraction of sp³-hybridized carbons (Fsp3) is 0.567. The maximum absolute atomic E-state index is 14.1. The molecule has 214 valence electrons. The zero-order valence-electron chi connectivity index (χ0n) is 23.9. The van der Waals surface area contributed by atoms with E-state index in [1.807, 2.05) is 33.7 Å². The lowest BCUT2D eigenvalue weighted by molar-refractivity contribution is -0.121. The molecule has 3 atom stereocenters. The zero-order chi connectivity index (χ0) is 28.0. The average molecular weight is 566 g/mol. The maximum Gasteiger partial charge on any atom is 0.241 e. The number of carbonyl (C=O) groups is 1. The van der Waals surface area contributed by atoms with E-state index in [4.69, 9.17) is 16.3 Å². The fourth-order valence-corrected chi connectivity index (χ4v) is 6.69. The Morgan fingerprint density at radius 3 is 2.77 bits per heavy atom. The fourth-order valence-electron chi connectivity index (χ4n) is 6.57. The van der Waals surface area contributed by atoms with Crippen LogP contribution < -0.4 is 10.2 Å². The molecule has 2 aromatic heterocycles. The number of benzene rings is 1. The highest BCUT2D eigenvalue weighted by Gasteiger charge is 2.42. The summed E-state index contributed by atoms with van der Waals surface area (Å²) in [6, 6.07) is 11.1. The van der Waals surface area contributed by atoms with E-state index >= 15 is 0 Å². The Morgan fingerprint density at radius 2 is 2.00 bits per heavy atom. The minimum atomic E-state index is -0.255. The number of anilines is 1. The molecule has 3 aromatic rings.